The summed E-state index contributed by atoms with van der Waals surface area (Å²) in [6.45, 7) is 2.13. The molecule has 2 aliphatic rings. The summed E-state index contributed by atoms with van der Waals surface area (Å²) >= 11 is 0. The van der Waals surface area contributed by atoms with Crippen LogP contribution in [0.4, 0.5) is 0 Å². The largest absolute Gasteiger partial charge is 0.339 e. The Balaban J connectivity index is 1.64. The molecule has 3 nitrogen and oxygen atoms in total. The zero-order valence-corrected chi connectivity index (χ0v) is 12.3. The highest BCUT2D eigenvalue weighted by atomic mass is 16.2. The van der Waals surface area contributed by atoms with E-state index in [0.29, 0.717) is 17.9 Å². The number of fused-ring (bicyclic) bond motifs is 1. The topological polar surface area (TPSA) is 32.3 Å². The average molecular weight is 272 g/mol. The van der Waals surface area contributed by atoms with Gasteiger partial charge in [-0.15, -0.1) is 0 Å². The summed E-state index contributed by atoms with van der Waals surface area (Å²) < 4.78 is 0. The fourth-order valence-corrected chi connectivity index (χ4v) is 3.59. The Morgan fingerprint density at radius 3 is 2.80 bits per heavy atom. The van der Waals surface area contributed by atoms with E-state index in [1.54, 1.807) is 0 Å². The second-order valence-corrected chi connectivity index (χ2v) is 6.16. The lowest BCUT2D eigenvalue weighted by Gasteiger charge is -2.29. The van der Waals surface area contributed by atoms with E-state index in [-0.39, 0.29) is 0 Å². The molecule has 1 aromatic rings. The van der Waals surface area contributed by atoms with E-state index in [2.05, 4.69) is 29.6 Å². The molecule has 0 saturated carbocycles. The van der Waals surface area contributed by atoms with E-state index in [9.17, 15) is 4.79 Å². The number of hydrogen-bond donors (Lipinski definition) is 1. The van der Waals surface area contributed by atoms with Crippen molar-refractivity contribution in [2.45, 2.75) is 38.1 Å². The van der Waals surface area contributed by atoms with Crippen LogP contribution in [-0.4, -0.2) is 30.9 Å². The number of carbonyl (C=O) groups excluding carboxylic acids is 1. The van der Waals surface area contributed by atoms with Gasteiger partial charge in [-0.3, -0.25) is 4.79 Å². The van der Waals surface area contributed by atoms with Crippen molar-refractivity contribution in [3.05, 3.63) is 35.4 Å². The lowest BCUT2D eigenvalue weighted by Crippen LogP contribution is -2.34. The van der Waals surface area contributed by atoms with Crippen molar-refractivity contribution in [1.29, 1.82) is 0 Å². The normalized spacial score (nSPS) is 22.6. The van der Waals surface area contributed by atoms with Crippen LogP contribution in [0.2, 0.25) is 0 Å². The number of rotatable bonds is 3. The van der Waals surface area contributed by atoms with Gasteiger partial charge in [-0.05, 0) is 55.8 Å². The number of amides is 1. The van der Waals surface area contributed by atoms with Crippen LogP contribution in [0.15, 0.2) is 24.3 Å². The third-order valence-electron chi connectivity index (χ3n) is 4.88. The monoisotopic (exact) mass is 272 g/mol. The van der Waals surface area contributed by atoms with Gasteiger partial charge in [-0.25, -0.2) is 0 Å². The van der Waals surface area contributed by atoms with Crippen molar-refractivity contribution in [2.24, 2.45) is 5.92 Å². The van der Waals surface area contributed by atoms with Crippen LogP contribution in [0.3, 0.4) is 0 Å². The first-order chi connectivity index (χ1) is 9.75. The zero-order valence-electron chi connectivity index (χ0n) is 12.3. The van der Waals surface area contributed by atoms with Gasteiger partial charge in [0.2, 0.25) is 5.91 Å². The highest BCUT2D eigenvalue weighted by Gasteiger charge is 2.29. The van der Waals surface area contributed by atoms with Crippen molar-refractivity contribution >= 4 is 5.91 Å². The molecule has 0 aromatic heterocycles. The van der Waals surface area contributed by atoms with Gasteiger partial charge in [0, 0.05) is 13.5 Å². The third kappa shape index (κ3) is 2.73. The van der Waals surface area contributed by atoms with Crippen LogP contribution in [0, 0.1) is 5.92 Å². The van der Waals surface area contributed by atoms with E-state index in [4.69, 9.17) is 0 Å². The van der Waals surface area contributed by atoms with Crippen molar-refractivity contribution in [3.63, 3.8) is 0 Å². The minimum absolute atomic E-state index is 0.292. The molecular formula is C17H24N2O. The Kier molecular flexibility index (Phi) is 4.06. The number of benzene rings is 1. The molecule has 1 amide bonds. The fraction of sp³-hybridized carbons (Fsp3) is 0.588. The van der Waals surface area contributed by atoms with Crippen molar-refractivity contribution < 1.29 is 4.79 Å². The quantitative estimate of drug-likeness (QED) is 0.917. The lowest BCUT2D eigenvalue weighted by molar-refractivity contribution is -0.133. The molecule has 1 aromatic carbocycles. The Morgan fingerprint density at radius 2 is 2.00 bits per heavy atom. The molecule has 0 spiro atoms. The lowest BCUT2D eigenvalue weighted by atomic mass is 9.93. The second kappa shape index (κ2) is 5.96. The van der Waals surface area contributed by atoms with Gasteiger partial charge in [0.05, 0.1) is 6.04 Å². The SMILES string of the molecule is CN(C(=O)CC1CCNCC1)C1CCc2ccccc21. The first-order valence-electron chi connectivity index (χ1n) is 7.80. The van der Waals surface area contributed by atoms with Crippen LogP contribution < -0.4 is 5.32 Å². The van der Waals surface area contributed by atoms with Crippen LogP contribution in [0.5, 0.6) is 0 Å². The molecule has 3 rings (SSSR count). The van der Waals surface area contributed by atoms with Gasteiger partial charge in [-0.1, -0.05) is 24.3 Å². The molecule has 1 aliphatic carbocycles. The smallest absolute Gasteiger partial charge is 0.223 e. The Morgan fingerprint density at radius 1 is 1.25 bits per heavy atom. The molecule has 0 radical (unpaired) electrons. The molecule has 1 N–H and O–H groups in total. The molecule has 1 saturated heterocycles. The summed E-state index contributed by atoms with van der Waals surface area (Å²) in [4.78, 5) is 14.5. The van der Waals surface area contributed by atoms with Crippen molar-refractivity contribution in [2.75, 3.05) is 20.1 Å². The summed E-state index contributed by atoms with van der Waals surface area (Å²) in [6.07, 6.45) is 5.18. The molecule has 1 aliphatic heterocycles. The first kappa shape index (κ1) is 13.6. The summed E-state index contributed by atoms with van der Waals surface area (Å²) in [6, 6.07) is 8.85. The number of carbonyl (C=O) groups is 1. The number of nitrogens with zero attached hydrogens (tertiary/aromatic N) is 1. The van der Waals surface area contributed by atoms with Crippen molar-refractivity contribution in [1.82, 2.24) is 10.2 Å². The van der Waals surface area contributed by atoms with Gasteiger partial charge >= 0.3 is 0 Å². The highest BCUT2D eigenvalue weighted by molar-refractivity contribution is 5.77. The standard InChI is InChI=1S/C17H24N2O/c1-19(17(20)12-13-8-10-18-11-9-13)16-7-6-14-4-2-3-5-15(14)16/h2-5,13,16,18H,6-12H2,1H3. The van der Waals surface area contributed by atoms with Crippen LogP contribution in [0.1, 0.15) is 42.9 Å². The number of piperidine rings is 1. The highest BCUT2D eigenvalue weighted by Crippen LogP contribution is 2.35. The van der Waals surface area contributed by atoms with E-state index in [1.165, 1.54) is 11.1 Å². The maximum atomic E-state index is 12.5. The average Bonchev–Trinajstić information content (AvgIpc) is 2.91. The molecule has 3 heteroatoms. The number of hydrogen-bond acceptors (Lipinski definition) is 2. The Bertz CT molecular complexity index is 480. The molecule has 0 bridgehead atoms. The van der Waals surface area contributed by atoms with E-state index >= 15 is 0 Å². The Labute approximate surface area is 121 Å². The molecule has 108 valence electrons. The van der Waals surface area contributed by atoms with E-state index < -0.39 is 0 Å². The van der Waals surface area contributed by atoms with E-state index in [0.717, 1.165) is 45.2 Å². The summed E-state index contributed by atoms with van der Waals surface area (Å²) in [5, 5.41) is 3.36. The summed E-state index contributed by atoms with van der Waals surface area (Å²) in [5.41, 5.74) is 2.77. The second-order valence-electron chi connectivity index (χ2n) is 6.16. The van der Waals surface area contributed by atoms with Gasteiger partial charge < -0.3 is 10.2 Å². The predicted octanol–water partition coefficient (Wildman–Crippen LogP) is 2.52. The zero-order chi connectivity index (χ0) is 13.9. The predicted molar refractivity (Wildman–Crippen MR) is 80.5 cm³/mol. The van der Waals surface area contributed by atoms with Crippen LogP contribution in [-0.2, 0) is 11.2 Å². The first-order valence-corrected chi connectivity index (χ1v) is 7.80. The van der Waals surface area contributed by atoms with Crippen molar-refractivity contribution in [3.8, 4) is 0 Å². The number of aryl methyl sites for hydroxylation is 1. The molecule has 1 fully saturated rings. The van der Waals surface area contributed by atoms with Crippen LogP contribution >= 0.6 is 0 Å². The molecule has 1 unspecified atom stereocenters. The number of nitrogens with one attached hydrogen (secondary N) is 1. The third-order valence-corrected chi connectivity index (χ3v) is 4.88. The maximum Gasteiger partial charge on any atom is 0.223 e. The minimum atomic E-state index is 0.292. The molecular weight excluding hydrogens is 248 g/mol. The minimum Gasteiger partial charge on any atom is -0.339 e. The fourth-order valence-electron chi connectivity index (χ4n) is 3.59. The van der Waals surface area contributed by atoms with Gasteiger partial charge in [0.15, 0.2) is 0 Å². The molecule has 20 heavy (non-hydrogen) atoms. The van der Waals surface area contributed by atoms with E-state index in [1.807, 2.05) is 11.9 Å². The molecule has 1 heterocycles. The van der Waals surface area contributed by atoms with Crippen LogP contribution in [0.25, 0.3) is 0 Å². The maximum absolute atomic E-state index is 12.5. The van der Waals surface area contributed by atoms with Gasteiger partial charge in [0.1, 0.15) is 0 Å². The Hall–Kier alpha value is -1.35. The summed E-state index contributed by atoms with van der Waals surface area (Å²) in [5.74, 6) is 0.890. The summed E-state index contributed by atoms with van der Waals surface area (Å²) in [7, 11) is 1.98. The molecule has 1 atom stereocenters. The van der Waals surface area contributed by atoms with Gasteiger partial charge in [-0.2, -0.15) is 0 Å². The van der Waals surface area contributed by atoms with Gasteiger partial charge in [0.25, 0.3) is 0 Å².